The van der Waals surface area contributed by atoms with E-state index in [1.54, 1.807) is 36.4 Å². The van der Waals surface area contributed by atoms with Gasteiger partial charge in [-0.05, 0) is 31.2 Å². The molecule has 8 heteroatoms. The van der Waals surface area contributed by atoms with Crippen molar-refractivity contribution in [2.75, 3.05) is 19.0 Å². The fraction of sp³-hybridized carbons (Fsp3) is 0.200. The number of anilines is 1. The molecule has 144 valence electrons. The van der Waals surface area contributed by atoms with Crippen LogP contribution in [0.5, 0.6) is 5.75 Å². The van der Waals surface area contributed by atoms with Crippen LogP contribution in [0.4, 0.5) is 5.69 Å². The summed E-state index contributed by atoms with van der Waals surface area (Å²) in [5, 5.41) is 2.60. The molecule has 0 radical (unpaired) electrons. The third-order valence-electron chi connectivity index (χ3n) is 4.21. The van der Waals surface area contributed by atoms with Crippen molar-refractivity contribution in [1.29, 1.82) is 0 Å². The summed E-state index contributed by atoms with van der Waals surface area (Å²) in [6.07, 6.45) is -1.13. The van der Waals surface area contributed by atoms with Crippen molar-refractivity contribution < 1.29 is 28.7 Å². The third-order valence-corrected chi connectivity index (χ3v) is 4.21. The number of nitrogens with one attached hydrogen (secondary N) is 1. The Hall–Kier alpha value is -3.68. The Morgan fingerprint density at radius 1 is 1.00 bits per heavy atom. The molecule has 1 aliphatic heterocycles. The molecule has 8 nitrogen and oxygen atoms in total. The van der Waals surface area contributed by atoms with E-state index in [0.29, 0.717) is 11.4 Å². The molecule has 0 saturated carbocycles. The molecule has 1 unspecified atom stereocenters. The fourth-order valence-corrected chi connectivity index (χ4v) is 2.78. The number of hydrogen-bond acceptors (Lipinski definition) is 6. The number of ether oxygens (including phenoxy) is 2. The second-order valence-corrected chi connectivity index (χ2v) is 6.06. The number of carbonyl (C=O) groups excluding carboxylic acids is 4. The maximum absolute atomic E-state index is 12.3. The standard InChI is InChI=1S/C20H18N2O6/c1-12(18(24)21-15-9-5-6-10-16(15)27-2)28-17(23)11-22-19(25)13-7-3-4-8-14(13)20(22)26/h3-10,12H,11H2,1-2H3,(H,21,24). The Labute approximate surface area is 161 Å². The van der Waals surface area contributed by atoms with Gasteiger partial charge in [0.25, 0.3) is 17.7 Å². The second-order valence-electron chi connectivity index (χ2n) is 6.06. The van der Waals surface area contributed by atoms with Gasteiger partial charge in [-0.2, -0.15) is 0 Å². The highest BCUT2D eigenvalue weighted by atomic mass is 16.5. The minimum absolute atomic E-state index is 0.238. The zero-order valence-corrected chi connectivity index (χ0v) is 15.3. The lowest BCUT2D eigenvalue weighted by Gasteiger charge is -2.17. The number of methoxy groups -OCH3 is 1. The fourth-order valence-electron chi connectivity index (χ4n) is 2.78. The van der Waals surface area contributed by atoms with Gasteiger partial charge in [0.05, 0.1) is 23.9 Å². The molecule has 1 atom stereocenters. The van der Waals surface area contributed by atoms with Gasteiger partial charge in [-0.15, -0.1) is 0 Å². The Morgan fingerprint density at radius 3 is 2.18 bits per heavy atom. The van der Waals surface area contributed by atoms with E-state index in [1.165, 1.54) is 26.2 Å². The molecule has 1 aliphatic rings. The molecular formula is C20H18N2O6. The Bertz CT molecular complexity index is 920. The van der Waals surface area contributed by atoms with E-state index < -0.39 is 36.3 Å². The molecule has 0 fully saturated rings. The number of para-hydroxylation sites is 2. The van der Waals surface area contributed by atoms with Crippen molar-refractivity contribution in [3.05, 3.63) is 59.7 Å². The highest BCUT2D eigenvalue weighted by Crippen LogP contribution is 2.24. The van der Waals surface area contributed by atoms with Gasteiger partial charge in [0.2, 0.25) is 0 Å². The van der Waals surface area contributed by atoms with E-state index in [1.807, 2.05) is 0 Å². The molecule has 0 aliphatic carbocycles. The van der Waals surface area contributed by atoms with E-state index in [0.717, 1.165) is 4.90 Å². The minimum Gasteiger partial charge on any atom is -0.495 e. The topological polar surface area (TPSA) is 102 Å². The monoisotopic (exact) mass is 382 g/mol. The van der Waals surface area contributed by atoms with Crippen LogP contribution in [-0.2, 0) is 14.3 Å². The zero-order valence-electron chi connectivity index (χ0n) is 15.3. The van der Waals surface area contributed by atoms with Gasteiger partial charge in [0.1, 0.15) is 12.3 Å². The summed E-state index contributed by atoms with van der Waals surface area (Å²) < 4.78 is 10.2. The predicted molar refractivity (Wildman–Crippen MR) is 99.0 cm³/mol. The largest absolute Gasteiger partial charge is 0.495 e. The highest BCUT2D eigenvalue weighted by molar-refractivity contribution is 6.22. The van der Waals surface area contributed by atoms with Crippen LogP contribution < -0.4 is 10.1 Å². The lowest BCUT2D eigenvalue weighted by atomic mass is 10.1. The highest BCUT2D eigenvalue weighted by Gasteiger charge is 2.37. The number of hydrogen-bond donors (Lipinski definition) is 1. The predicted octanol–water partition coefficient (Wildman–Crippen LogP) is 1.86. The lowest BCUT2D eigenvalue weighted by molar-refractivity contribution is -0.153. The molecule has 2 aromatic rings. The first-order valence-corrected chi connectivity index (χ1v) is 8.51. The van der Waals surface area contributed by atoms with Crippen molar-refractivity contribution in [2.45, 2.75) is 13.0 Å². The van der Waals surface area contributed by atoms with Crippen molar-refractivity contribution in [3.8, 4) is 5.75 Å². The first kappa shape index (κ1) is 19.1. The quantitative estimate of drug-likeness (QED) is 0.604. The molecule has 0 spiro atoms. The average Bonchev–Trinajstić information content (AvgIpc) is 2.93. The molecule has 0 aromatic heterocycles. The maximum Gasteiger partial charge on any atom is 0.326 e. The molecule has 1 heterocycles. The Kier molecular flexibility index (Phi) is 5.39. The second kappa shape index (κ2) is 7.91. The van der Waals surface area contributed by atoms with Gasteiger partial charge >= 0.3 is 5.97 Å². The van der Waals surface area contributed by atoms with Crippen molar-refractivity contribution in [3.63, 3.8) is 0 Å². The molecular weight excluding hydrogens is 364 g/mol. The minimum atomic E-state index is -1.13. The summed E-state index contributed by atoms with van der Waals surface area (Å²) in [5.74, 6) is -2.11. The van der Waals surface area contributed by atoms with Gasteiger partial charge in [0, 0.05) is 0 Å². The van der Waals surface area contributed by atoms with Crippen LogP contribution in [0, 0.1) is 0 Å². The normalized spacial score (nSPS) is 13.7. The number of nitrogens with zero attached hydrogens (tertiary/aromatic N) is 1. The van der Waals surface area contributed by atoms with Gasteiger partial charge in [0.15, 0.2) is 6.10 Å². The summed E-state index contributed by atoms with van der Waals surface area (Å²) >= 11 is 0. The van der Waals surface area contributed by atoms with Crippen LogP contribution in [0.1, 0.15) is 27.6 Å². The number of fused-ring (bicyclic) bond motifs is 1. The lowest BCUT2D eigenvalue weighted by Crippen LogP contribution is -2.38. The van der Waals surface area contributed by atoms with Crippen molar-refractivity contribution in [1.82, 2.24) is 4.90 Å². The number of rotatable bonds is 6. The summed E-state index contributed by atoms with van der Waals surface area (Å²) in [6.45, 7) is 0.823. The van der Waals surface area contributed by atoms with Crippen LogP contribution in [0.25, 0.3) is 0 Å². The van der Waals surface area contributed by atoms with Gasteiger partial charge in [-0.3, -0.25) is 24.1 Å². The van der Waals surface area contributed by atoms with Gasteiger partial charge in [-0.1, -0.05) is 24.3 Å². The number of esters is 1. The molecule has 3 amide bonds. The Balaban J connectivity index is 1.60. The van der Waals surface area contributed by atoms with Crippen LogP contribution >= 0.6 is 0 Å². The molecule has 3 rings (SSSR count). The number of amides is 3. The third kappa shape index (κ3) is 3.71. The average molecular weight is 382 g/mol. The molecule has 1 N–H and O–H groups in total. The smallest absolute Gasteiger partial charge is 0.326 e. The molecule has 0 bridgehead atoms. The van der Waals surface area contributed by atoms with Crippen molar-refractivity contribution >= 4 is 29.4 Å². The van der Waals surface area contributed by atoms with Crippen LogP contribution in [0.2, 0.25) is 0 Å². The van der Waals surface area contributed by atoms with E-state index in [9.17, 15) is 19.2 Å². The van der Waals surface area contributed by atoms with Crippen LogP contribution in [-0.4, -0.2) is 48.3 Å². The first-order valence-electron chi connectivity index (χ1n) is 8.51. The Morgan fingerprint density at radius 2 is 1.57 bits per heavy atom. The van der Waals surface area contributed by atoms with E-state index in [2.05, 4.69) is 5.32 Å². The summed E-state index contributed by atoms with van der Waals surface area (Å²) in [4.78, 5) is 49.8. The molecule has 0 saturated heterocycles. The summed E-state index contributed by atoms with van der Waals surface area (Å²) in [7, 11) is 1.47. The first-order chi connectivity index (χ1) is 13.4. The van der Waals surface area contributed by atoms with E-state index in [4.69, 9.17) is 9.47 Å². The SMILES string of the molecule is COc1ccccc1NC(=O)C(C)OC(=O)CN1C(=O)c2ccccc2C1=O. The van der Waals surface area contributed by atoms with Crippen LogP contribution in [0.3, 0.4) is 0 Å². The van der Waals surface area contributed by atoms with Crippen molar-refractivity contribution in [2.24, 2.45) is 0 Å². The number of benzene rings is 2. The number of imide groups is 1. The van der Waals surface area contributed by atoms with E-state index in [-0.39, 0.29) is 11.1 Å². The van der Waals surface area contributed by atoms with Gasteiger partial charge < -0.3 is 14.8 Å². The summed E-state index contributed by atoms with van der Waals surface area (Å²) in [5.41, 5.74) is 0.905. The number of carbonyl (C=O) groups is 4. The van der Waals surface area contributed by atoms with E-state index >= 15 is 0 Å². The maximum atomic E-state index is 12.3. The summed E-state index contributed by atoms with van der Waals surface area (Å²) in [6, 6.07) is 13.1. The molecule has 2 aromatic carbocycles. The van der Waals surface area contributed by atoms with Crippen LogP contribution in [0.15, 0.2) is 48.5 Å². The molecule has 28 heavy (non-hydrogen) atoms. The zero-order chi connectivity index (χ0) is 20.3. The van der Waals surface area contributed by atoms with Gasteiger partial charge in [-0.25, -0.2) is 0 Å².